The first kappa shape index (κ1) is 22.4. The molecule has 1 aliphatic heterocycles. The van der Waals surface area contributed by atoms with Gasteiger partial charge in [-0.05, 0) is 48.9 Å². The predicted molar refractivity (Wildman–Crippen MR) is 115 cm³/mol. The lowest BCUT2D eigenvalue weighted by molar-refractivity contribution is -0.901. The van der Waals surface area contributed by atoms with Crippen molar-refractivity contribution >= 4 is 11.9 Å². The van der Waals surface area contributed by atoms with Crippen LogP contribution in [0.25, 0.3) is 0 Å². The van der Waals surface area contributed by atoms with Gasteiger partial charge in [-0.25, -0.2) is 9.69 Å². The summed E-state index contributed by atoms with van der Waals surface area (Å²) < 4.78 is 15.8. The van der Waals surface area contributed by atoms with Crippen LogP contribution in [0.5, 0.6) is 17.2 Å². The van der Waals surface area contributed by atoms with Crippen molar-refractivity contribution in [3.63, 3.8) is 0 Å². The molecule has 1 heterocycles. The Kier molecular flexibility index (Phi) is 6.70. The zero-order valence-electron chi connectivity index (χ0n) is 18.7. The van der Waals surface area contributed by atoms with E-state index >= 15 is 0 Å². The summed E-state index contributed by atoms with van der Waals surface area (Å²) in [6, 6.07) is 12.9. The average Bonchev–Trinajstić information content (AvgIpc) is 2.96. The number of imide groups is 1. The van der Waals surface area contributed by atoms with E-state index in [0.717, 1.165) is 21.8 Å². The Hall–Kier alpha value is -3.26. The van der Waals surface area contributed by atoms with Gasteiger partial charge in [-0.3, -0.25) is 4.79 Å². The van der Waals surface area contributed by atoms with E-state index in [2.05, 4.69) is 5.32 Å². The highest BCUT2D eigenvalue weighted by Gasteiger charge is 2.48. The van der Waals surface area contributed by atoms with E-state index < -0.39 is 5.54 Å². The quantitative estimate of drug-likeness (QED) is 0.588. The highest BCUT2D eigenvalue weighted by molar-refractivity contribution is 6.06. The molecule has 0 saturated carbocycles. The van der Waals surface area contributed by atoms with Gasteiger partial charge in [-0.2, -0.15) is 0 Å². The van der Waals surface area contributed by atoms with E-state index in [-0.39, 0.29) is 18.6 Å². The van der Waals surface area contributed by atoms with Gasteiger partial charge < -0.3 is 24.4 Å². The maximum absolute atomic E-state index is 13.1. The summed E-state index contributed by atoms with van der Waals surface area (Å²) in [5, 5.41) is 2.86. The number of carbonyl (C=O) groups is 2. The monoisotopic (exact) mass is 428 g/mol. The molecule has 2 aromatic rings. The van der Waals surface area contributed by atoms with Gasteiger partial charge in [0, 0.05) is 12.0 Å². The van der Waals surface area contributed by atoms with E-state index in [9.17, 15) is 9.59 Å². The molecule has 2 atom stereocenters. The summed E-state index contributed by atoms with van der Waals surface area (Å²) in [6.07, 6.45) is 0.353. The van der Waals surface area contributed by atoms with Gasteiger partial charge in [0.15, 0.2) is 18.2 Å². The standard InChI is InChI=1S/C23H29N3O5/c1-23(13-17-8-11-19(30-4)20(12-17)31-5)21(27)26(22(28)24-23)15-25(2)14-16-6-9-18(29-3)10-7-16/h6-12H,13-15H2,1-5H3,(H,24,28)/p+1/t23-/m1/s1. The first-order chi connectivity index (χ1) is 14.8. The Morgan fingerprint density at radius 2 is 1.58 bits per heavy atom. The smallest absolute Gasteiger partial charge is 0.329 e. The molecule has 0 bridgehead atoms. The third kappa shape index (κ3) is 4.91. The minimum Gasteiger partial charge on any atom is -0.497 e. The molecule has 3 amide bonds. The molecule has 1 unspecified atom stereocenters. The van der Waals surface area contributed by atoms with Gasteiger partial charge in [0.05, 0.1) is 28.4 Å². The van der Waals surface area contributed by atoms with Gasteiger partial charge in [0.1, 0.15) is 17.8 Å². The van der Waals surface area contributed by atoms with Gasteiger partial charge >= 0.3 is 6.03 Å². The second-order valence-electron chi connectivity index (χ2n) is 8.00. The third-order valence-corrected chi connectivity index (χ3v) is 5.44. The van der Waals surface area contributed by atoms with E-state index in [1.54, 1.807) is 34.3 Å². The van der Waals surface area contributed by atoms with Gasteiger partial charge in [0.2, 0.25) is 0 Å². The summed E-state index contributed by atoms with van der Waals surface area (Å²) in [5.41, 5.74) is 0.949. The minimum atomic E-state index is -1.02. The number of nitrogens with zero attached hydrogens (tertiary/aromatic N) is 1. The molecule has 2 N–H and O–H groups in total. The summed E-state index contributed by atoms with van der Waals surface area (Å²) in [4.78, 5) is 28.1. The Morgan fingerprint density at radius 3 is 2.19 bits per heavy atom. The number of rotatable bonds is 9. The molecule has 31 heavy (non-hydrogen) atoms. The van der Waals surface area contributed by atoms with Crippen LogP contribution in [-0.2, 0) is 17.8 Å². The van der Waals surface area contributed by atoms with Crippen LogP contribution in [0.3, 0.4) is 0 Å². The zero-order chi connectivity index (χ0) is 22.6. The highest BCUT2D eigenvalue weighted by atomic mass is 16.5. The second-order valence-corrected chi connectivity index (χ2v) is 8.00. The van der Waals surface area contributed by atoms with Gasteiger partial charge in [-0.1, -0.05) is 6.07 Å². The summed E-state index contributed by atoms with van der Waals surface area (Å²) >= 11 is 0. The Balaban J connectivity index is 1.67. The molecule has 3 rings (SSSR count). The normalized spacial score (nSPS) is 19.2. The third-order valence-electron chi connectivity index (χ3n) is 5.44. The van der Waals surface area contributed by atoms with Crippen LogP contribution in [0.4, 0.5) is 4.79 Å². The number of hydrogen-bond acceptors (Lipinski definition) is 5. The Bertz CT molecular complexity index is 947. The van der Waals surface area contributed by atoms with Crippen LogP contribution in [0, 0.1) is 0 Å². The fourth-order valence-corrected chi connectivity index (χ4v) is 3.83. The van der Waals surface area contributed by atoms with E-state index in [4.69, 9.17) is 14.2 Å². The van der Waals surface area contributed by atoms with Crippen LogP contribution in [0.2, 0.25) is 0 Å². The first-order valence-corrected chi connectivity index (χ1v) is 10.1. The SMILES string of the molecule is COc1ccc(C[NH+](C)CN2C(=O)N[C@](C)(Cc3ccc(OC)c(OC)c3)C2=O)cc1. The van der Waals surface area contributed by atoms with Crippen molar-refractivity contribution in [1.82, 2.24) is 10.2 Å². The van der Waals surface area contributed by atoms with Crippen LogP contribution in [0.1, 0.15) is 18.1 Å². The van der Waals surface area contributed by atoms with E-state index in [0.29, 0.717) is 24.5 Å². The number of ether oxygens (including phenoxy) is 3. The van der Waals surface area contributed by atoms with E-state index in [1.807, 2.05) is 43.4 Å². The topological polar surface area (TPSA) is 81.5 Å². The highest BCUT2D eigenvalue weighted by Crippen LogP contribution is 2.30. The fourth-order valence-electron chi connectivity index (χ4n) is 3.83. The summed E-state index contributed by atoms with van der Waals surface area (Å²) in [5.74, 6) is 1.76. The molecule has 8 nitrogen and oxygen atoms in total. The van der Waals surface area contributed by atoms with Crippen LogP contribution in [-0.4, -0.2) is 57.4 Å². The lowest BCUT2D eigenvalue weighted by atomic mass is 9.92. The van der Waals surface area contributed by atoms with Crippen molar-refractivity contribution in [3.8, 4) is 17.2 Å². The Labute approximate surface area is 182 Å². The molecular weight excluding hydrogens is 398 g/mol. The molecule has 0 spiro atoms. The number of carbonyl (C=O) groups excluding carboxylic acids is 2. The number of nitrogens with one attached hydrogen (secondary N) is 2. The minimum absolute atomic E-state index is 0.235. The van der Waals surface area contributed by atoms with Gasteiger partial charge in [-0.15, -0.1) is 0 Å². The molecule has 1 aliphatic rings. The molecule has 1 fully saturated rings. The molecule has 8 heteroatoms. The molecule has 1 saturated heterocycles. The maximum atomic E-state index is 13.1. The van der Waals surface area contributed by atoms with Crippen molar-refractivity contribution in [2.24, 2.45) is 0 Å². The lowest BCUT2D eigenvalue weighted by Crippen LogP contribution is -3.09. The largest absolute Gasteiger partial charge is 0.497 e. The molecule has 166 valence electrons. The summed E-state index contributed by atoms with van der Waals surface area (Å²) in [6.45, 7) is 2.70. The molecule has 0 aliphatic carbocycles. The van der Waals surface area contributed by atoms with Gasteiger partial charge in [0.25, 0.3) is 5.91 Å². The fraction of sp³-hybridized carbons (Fsp3) is 0.391. The van der Waals surface area contributed by atoms with Crippen LogP contribution < -0.4 is 24.4 Å². The number of benzene rings is 2. The van der Waals surface area contributed by atoms with Crippen molar-refractivity contribution in [2.75, 3.05) is 35.0 Å². The van der Waals surface area contributed by atoms with Crippen molar-refractivity contribution in [2.45, 2.75) is 25.4 Å². The first-order valence-electron chi connectivity index (χ1n) is 10.1. The number of hydrogen-bond donors (Lipinski definition) is 2. The molecular formula is C23H30N3O5+. The zero-order valence-corrected chi connectivity index (χ0v) is 18.7. The van der Waals surface area contributed by atoms with E-state index in [1.165, 1.54) is 4.90 Å². The van der Waals surface area contributed by atoms with Crippen molar-refractivity contribution in [3.05, 3.63) is 53.6 Å². The summed E-state index contributed by atoms with van der Waals surface area (Å²) in [7, 11) is 6.72. The predicted octanol–water partition coefficient (Wildman–Crippen LogP) is 1.24. The second kappa shape index (κ2) is 9.26. The number of methoxy groups -OCH3 is 3. The molecule has 0 radical (unpaired) electrons. The van der Waals surface area contributed by atoms with Crippen molar-refractivity contribution < 1.29 is 28.7 Å². The van der Waals surface area contributed by atoms with Crippen LogP contribution >= 0.6 is 0 Å². The molecule has 0 aromatic heterocycles. The number of quaternary nitrogens is 1. The lowest BCUT2D eigenvalue weighted by Gasteiger charge is -2.23. The molecule has 2 aromatic carbocycles. The van der Waals surface area contributed by atoms with Crippen LogP contribution in [0.15, 0.2) is 42.5 Å². The maximum Gasteiger partial charge on any atom is 0.329 e. The number of urea groups is 1. The average molecular weight is 429 g/mol. The number of amides is 3. The van der Waals surface area contributed by atoms with Crippen molar-refractivity contribution in [1.29, 1.82) is 0 Å². The Morgan fingerprint density at radius 1 is 0.935 bits per heavy atom.